The molecule has 1 aliphatic carbocycles. The minimum Gasteiger partial charge on any atom is -0.466 e. The Hall–Kier alpha value is -0.530. The third-order valence-electron chi connectivity index (χ3n) is 3.08. The van der Waals surface area contributed by atoms with E-state index in [2.05, 4.69) is 13.8 Å². The monoisotopic (exact) mass is 184 g/mol. The zero-order valence-electron chi connectivity index (χ0n) is 8.93. The molecule has 2 heteroatoms. The van der Waals surface area contributed by atoms with Gasteiger partial charge >= 0.3 is 5.97 Å². The van der Waals surface area contributed by atoms with Crippen LogP contribution in [0.4, 0.5) is 0 Å². The molecular formula is C11H20O2. The molecule has 0 aliphatic heterocycles. The Kier molecular flexibility index (Phi) is 3.34. The average molecular weight is 184 g/mol. The highest BCUT2D eigenvalue weighted by molar-refractivity contribution is 5.73. The van der Waals surface area contributed by atoms with Crippen molar-refractivity contribution in [2.75, 3.05) is 6.61 Å². The van der Waals surface area contributed by atoms with Crippen LogP contribution in [0.15, 0.2) is 0 Å². The maximum Gasteiger partial charge on any atom is 0.309 e. The van der Waals surface area contributed by atoms with Gasteiger partial charge in [-0.1, -0.05) is 26.7 Å². The fraction of sp³-hybridized carbons (Fsp3) is 0.909. The largest absolute Gasteiger partial charge is 0.466 e. The van der Waals surface area contributed by atoms with Crippen LogP contribution < -0.4 is 0 Å². The number of carbonyl (C=O) groups excluding carboxylic acids is 1. The summed E-state index contributed by atoms with van der Waals surface area (Å²) in [6.07, 6.45) is 4.58. The van der Waals surface area contributed by atoms with Crippen molar-refractivity contribution in [3.8, 4) is 0 Å². The van der Waals surface area contributed by atoms with Crippen LogP contribution in [-0.4, -0.2) is 12.6 Å². The van der Waals surface area contributed by atoms with Crippen LogP contribution in [0.5, 0.6) is 0 Å². The van der Waals surface area contributed by atoms with Crippen LogP contribution >= 0.6 is 0 Å². The summed E-state index contributed by atoms with van der Waals surface area (Å²) in [5.74, 6) is 0.133. The Labute approximate surface area is 80.7 Å². The number of rotatable bonds is 2. The molecule has 0 spiro atoms. The van der Waals surface area contributed by atoms with Gasteiger partial charge in [0.2, 0.25) is 0 Å². The molecule has 0 unspecified atom stereocenters. The molecular weight excluding hydrogens is 164 g/mol. The van der Waals surface area contributed by atoms with Gasteiger partial charge in [0.15, 0.2) is 0 Å². The number of hydrogen-bond donors (Lipinski definition) is 0. The highest BCUT2D eigenvalue weighted by Gasteiger charge is 2.37. The van der Waals surface area contributed by atoms with Gasteiger partial charge in [-0.3, -0.25) is 4.79 Å². The van der Waals surface area contributed by atoms with Gasteiger partial charge in [-0.15, -0.1) is 0 Å². The fourth-order valence-electron chi connectivity index (χ4n) is 2.17. The van der Waals surface area contributed by atoms with E-state index in [0.29, 0.717) is 6.61 Å². The highest BCUT2D eigenvalue weighted by Crippen LogP contribution is 2.40. The normalized spacial score (nSPS) is 26.8. The van der Waals surface area contributed by atoms with E-state index in [-0.39, 0.29) is 17.3 Å². The molecule has 1 aliphatic rings. The lowest BCUT2D eigenvalue weighted by molar-refractivity contribution is -0.154. The maximum absolute atomic E-state index is 11.6. The lowest BCUT2D eigenvalue weighted by Crippen LogP contribution is -2.35. The quantitative estimate of drug-likeness (QED) is 0.617. The summed E-state index contributed by atoms with van der Waals surface area (Å²) >= 11 is 0. The van der Waals surface area contributed by atoms with Crippen molar-refractivity contribution in [1.29, 1.82) is 0 Å². The smallest absolute Gasteiger partial charge is 0.309 e. The van der Waals surface area contributed by atoms with Crippen LogP contribution in [0, 0.1) is 11.3 Å². The van der Waals surface area contributed by atoms with Gasteiger partial charge in [0.1, 0.15) is 0 Å². The second-order valence-corrected chi connectivity index (χ2v) is 4.54. The minimum atomic E-state index is 0.00667. The van der Waals surface area contributed by atoms with Crippen LogP contribution in [0.1, 0.15) is 46.5 Å². The van der Waals surface area contributed by atoms with Gasteiger partial charge in [0.25, 0.3) is 0 Å². The zero-order valence-corrected chi connectivity index (χ0v) is 8.93. The second kappa shape index (κ2) is 4.12. The minimum absolute atomic E-state index is 0.00667. The molecule has 0 aromatic rings. The van der Waals surface area contributed by atoms with Crippen LogP contribution in [0.25, 0.3) is 0 Å². The first-order valence-electron chi connectivity index (χ1n) is 5.24. The molecule has 0 amide bonds. The number of ether oxygens (including phenoxy) is 1. The van der Waals surface area contributed by atoms with E-state index in [0.717, 1.165) is 12.8 Å². The van der Waals surface area contributed by atoms with E-state index in [1.54, 1.807) is 0 Å². The van der Waals surface area contributed by atoms with Gasteiger partial charge in [-0.2, -0.15) is 0 Å². The average Bonchev–Trinajstić information content (AvgIpc) is 2.03. The highest BCUT2D eigenvalue weighted by atomic mass is 16.5. The second-order valence-electron chi connectivity index (χ2n) is 4.54. The molecule has 1 rings (SSSR count). The predicted molar refractivity (Wildman–Crippen MR) is 52.4 cm³/mol. The maximum atomic E-state index is 11.6. The Morgan fingerprint density at radius 2 is 2.15 bits per heavy atom. The summed E-state index contributed by atoms with van der Waals surface area (Å²) in [6, 6.07) is 0. The van der Waals surface area contributed by atoms with E-state index >= 15 is 0 Å². The first kappa shape index (κ1) is 10.6. The van der Waals surface area contributed by atoms with Gasteiger partial charge in [-0.25, -0.2) is 0 Å². The first-order valence-corrected chi connectivity index (χ1v) is 5.24. The van der Waals surface area contributed by atoms with Crippen molar-refractivity contribution in [2.45, 2.75) is 46.5 Å². The van der Waals surface area contributed by atoms with Crippen molar-refractivity contribution in [2.24, 2.45) is 11.3 Å². The van der Waals surface area contributed by atoms with Crippen LogP contribution in [0.2, 0.25) is 0 Å². The van der Waals surface area contributed by atoms with E-state index in [1.807, 2.05) is 6.92 Å². The lowest BCUT2D eigenvalue weighted by atomic mass is 9.69. The topological polar surface area (TPSA) is 26.3 Å². The molecule has 76 valence electrons. The Morgan fingerprint density at radius 3 is 2.69 bits per heavy atom. The zero-order chi connectivity index (χ0) is 9.90. The molecule has 0 aromatic carbocycles. The molecule has 0 radical (unpaired) electrons. The number of esters is 1. The number of hydrogen-bond acceptors (Lipinski definition) is 2. The first-order chi connectivity index (χ1) is 6.08. The number of carbonyl (C=O) groups is 1. The predicted octanol–water partition coefficient (Wildman–Crippen LogP) is 2.77. The Bertz CT molecular complexity index is 185. The molecule has 1 saturated carbocycles. The van der Waals surface area contributed by atoms with E-state index in [9.17, 15) is 4.79 Å². The SMILES string of the molecule is CCOC(=O)[C@H]1CCCCC1(C)C. The summed E-state index contributed by atoms with van der Waals surface area (Å²) < 4.78 is 5.08. The summed E-state index contributed by atoms with van der Waals surface area (Å²) in [6.45, 7) is 6.72. The summed E-state index contributed by atoms with van der Waals surface area (Å²) in [7, 11) is 0. The van der Waals surface area contributed by atoms with Crippen molar-refractivity contribution in [3.63, 3.8) is 0 Å². The molecule has 2 nitrogen and oxygen atoms in total. The van der Waals surface area contributed by atoms with E-state index < -0.39 is 0 Å². The molecule has 13 heavy (non-hydrogen) atoms. The lowest BCUT2D eigenvalue weighted by Gasteiger charge is -2.36. The summed E-state index contributed by atoms with van der Waals surface area (Å²) in [5, 5.41) is 0. The molecule has 0 N–H and O–H groups in total. The third kappa shape index (κ3) is 2.45. The van der Waals surface area contributed by atoms with Crippen LogP contribution in [-0.2, 0) is 9.53 Å². The van der Waals surface area contributed by atoms with Gasteiger partial charge in [-0.05, 0) is 25.2 Å². The molecule has 0 aromatic heterocycles. The third-order valence-corrected chi connectivity index (χ3v) is 3.08. The standard InChI is InChI=1S/C11H20O2/c1-4-13-10(12)9-7-5-6-8-11(9,2)3/h9H,4-8H2,1-3H3/t9-/m1/s1. The summed E-state index contributed by atoms with van der Waals surface area (Å²) in [5.41, 5.74) is 0.143. The Morgan fingerprint density at radius 1 is 1.46 bits per heavy atom. The fourth-order valence-corrected chi connectivity index (χ4v) is 2.17. The van der Waals surface area contributed by atoms with E-state index in [1.165, 1.54) is 12.8 Å². The van der Waals surface area contributed by atoms with Gasteiger partial charge < -0.3 is 4.74 Å². The van der Waals surface area contributed by atoms with E-state index in [4.69, 9.17) is 4.74 Å². The molecule has 0 saturated heterocycles. The van der Waals surface area contributed by atoms with Gasteiger partial charge in [0, 0.05) is 0 Å². The van der Waals surface area contributed by atoms with Crippen molar-refractivity contribution < 1.29 is 9.53 Å². The molecule has 0 heterocycles. The van der Waals surface area contributed by atoms with Crippen molar-refractivity contribution in [3.05, 3.63) is 0 Å². The van der Waals surface area contributed by atoms with Crippen LogP contribution in [0.3, 0.4) is 0 Å². The molecule has 0 bridgehead atoms. The summed E-state index contributed by atoms with van der Waals surface area (Å²) in [4.78, 5) is 11.6. The Balaban J connectivity index is 2.59. The van der Waals surface area contributed by atoms with Crippen molar-refractivity contribution >= 4 is 5.97 Å². The molecule has 1 fully saturated rings. The molecule has 1 atom stereocenters. The van der Waals surface area contributed by atoms with Gasteiger partial charge in [0.05, 0.1) is 12.5 Å². The van der Waals surface area contributed by atoms with Crippen molar-refractivity contribution in [1.82, 2.24) is 0 Å².